The molecular weight excluding hydrogens is 356 g/mol. The molecule has 2 aliphatic rings. The number of aryl methyl sites for hydroxylation is 1. The number of aliphatic hydroxyl groups is 1. The molecule has 0 bridgehead atoms. The second-order valence-corrected chi connectivity index (χ2v) is 8.05. The van der Waals surface area contributed by atoms with E-state index in [1.807, 2.05) is 13.0 Å². The molecule has 2 aromatic heterocycles. The number of nitrogens with zero attached hydrogens (tertiary/aromatic N) is 7. The average Bonchev–Trinajstić information content (AvgIpc) is 3.03. The molecule has 0 amide bonds. The lowest BCUT2D eigenvalue weighted by Gasteiger charge is -2.33. The molecule has 1 atom stereocenters. The van der Waals surface area contributed by atoms with Crippen LogP contribution in [-0.4, -0.2) is 67.0 Å². The number of likely N-dealkylation sites (tertiary alicyclic amines) is 1. The number of hydrogen-bond acceptors (Lipinski definition) is 8. The van der Waals surface area contributed by atoms with E-state index in [1.165, 1.54) is 0 Å². The number of piperidine rings is 2. The highest BCUT2D eigenvalue weighted by molar-refractivity contribution is 5.44. The molecular formula is C19H30N8O. The Morgan fingerprint density at radius 1 is 1.14 bits per heavy atom. The zero-order chi connectivity index (χ0) is 19.7. The van der Waals surface area contributed by atoms with Crippen LogP contribution >= 0.6 is 0 Å². The summed E-state index contributed by atoms with van der Waals surface area (Å²) in [5, 5.41) is 18.7. The van der Waals surface area contributed by atoms with Crippen molar-refractivity contribution in [2.24, 2.45) is 7.05 Å². The minimum absolute atomic E-state index is 0.154. The molecule has 9 heteroatoms. The number of aliphatic hydroxyl groups excluding tert-OH is 1. The quantitative estimate of drug-likeness (QED) is 0.795. The zero-order valence-corrected chi connectivity index (χ0v) is 16.8. The molecule has 4 rings (SSSR count). The molecule has 4 heterocycles. The largest absolute Gasteiger partial charge is 0.393 e. The number of nitrogen functional groups attached to an aromatic ring is 1. The highest BCUT2D eigenvalue weighted by atomic mass is 16.3. The molecule has 0 saturated carbocycles. The van der Waals surface area contributed by atoms with E-state index in [9.17, 15) is 5.11 Å². The molecule has 0 spiro atoms. The summed E-state index contributed by atoms with van der Waals surface area (Å²) in [7, 11) is 2.06. The first-order valence-corrected chi connectivity index (χ1v) is 10.1. The van der Waals surface area contributed by atoms with Crippen molar-refractivity contribution in [1.82, 2.24) is 29.6 Å². The summed E-state index contributed by atoms with van der Waals surface area (Å²) >= 11 is 0. The van der Waals surface area contributed by atoms with Gasteiger partial charge in [-0.2, -0.15) is 4.98 Å². The van der Waals surface area contributed by atoms with Crippen molar-refractivity contribution in [3.8, 4) is 0 Å². The molecule has 0 radical (unpaired) electrons. The van der Waals surface area contributed by atoms with Gasteiger partial charge in [0.25, 0.3) is 0 Å². The molecule has 152 valence electrons. The maximum Gasteiger partial charge on any atom is 0.222 e. The van der Waals surface area contributed by atoms with Crippen LogP contribution in [0.1, 0.15) is 48.9 Å². The van der Waals surface area contributed by atoms with Gasteiger partial charge < -0.3 is 20.3 Å². The number of rotatable bonds is 4. The minimum Gasteiger partial charge on any atom is -0.393 e. The summed E-state index contributed by atoms with van der Waals surface area (Å²) < 4.78 is 2.15. The predicted molar refractivity (Wildman–Crippen MR) is 107 cm³/mol. The van der Waals surface area contributed by atoms with Gasteiger partial charge in [-0.1, -0.05) is 0 Å². The van der Waals surface area contributed by atoms with Gasteiger partial charge in [0.1, 0.15) is 17.5 Å². The minimum atomic E-state index is -0.154. The van der Waals surface area contributed by atoms with Gasteiger partial charge in [-0.25, -0.2) is 4.98 Å². The zero-order valence-electron chi connectivity index (χ0n) is 16.8. The predicted octanol–water partition coefficient (Wildman–Crippen LogP) is 0.836. The fourth-order valence-electron chi connectivity index (χ4n) is 4.28. The first kappa shape index (κ1) is 19.1. The van der Waals surface area contributed by atoms with Gasteiger partial charge in [0.2, 0.25) is 5.95 Å². The topological polar surface area (TPSA) is 109 Å². The summed E-state index contributed by atoms with van der Waals surface area (Å²) in [6.45, 7) is 6.38. The smallest absolute Gasteiger partial charge is 0.222 e. The van der Waals surface area contributed by atoms with Gasteiger partial charge in [-0.3, -0.25) is 4.90 Å². The van der Waals surface area contributed by atoms with Crippen LogP contribution < -0.4 is 10.6 Å². The van der Waals surface area contributed by atoms with Crippen LogP contribution in [0.2, 0.25) is 0 Å². The molecule has 2 aromatic rings. The lowest BCUT2D eigenvalue weighted by Crippen LogP contribution is -2.37. The number of nitrogens with two attached hydrogens (primary N) is 1. The fourth-order valence-corrected chi connectivity index (χ4v) is 4.28. The van der Waals surface area contributed by atoms with Crippen molar-refractivity contribution in [3.63, 3.8) is 0 Å². The van der Waals surface area contributed by atoms with Crippen LogP contribution in [0.4, 0.5) is 11.8 Å². The molecule has 2 saturated heterocycles. The third-order valence-corrected chi connectivity index (χ3v) is 5.89. The maximum atomic E-state index is 9.69. The lowest BCUT2D eigenvalue weighted by atomic mass is 9.97. The Balaban J connectivity index is 1.46. The normalized spacial score (nSPS) is 22.0. The molecule has 2 aliphatic heterocycles. The standard InChI is InChI=1S/C19H30N8O/c1-13-10-16(22-19(20)21-13)27-7-3-4-14(11-27)18-24-23-17(25(18)2)12-26-8-5-15(28)6-9-26/h10,14-15,28H,3-9,11-12H2,1-2H3,(H2,20,21,22). The Morgan fingerprint density at radius 3 is 2.68 bits per heavy atom. The van der Waals surface area contributed by atoms with E-state index in [1.54, 1.807) is 0 Å². The Hall–Kier alpha value is -2.26. The van der Waals surface area contributed by atoms with E-state index in [-0.39, 0.29) is 6.10 Å². The van der Waals surface area contributed by atoms with Crippen molar-refractivity contribution in [1.29, 1.82) is 0 Å². The monoisotopic (exact) mass is 386 g/mol. The van der Waals surface area contributed by atoms with E-state index < -0.39 is 0 Å². The van der Waals surface area contributed by atoms with Gasteiger partial charge in [-0.15, -0.1) is 10.2 Å². The van der Waals surface area contributed by atoms with E-state index in [0.717, 1.165) is 81.6 Å². The van der Waals surface area contributed by atoms with Crippen LogP contribution in [-0.2, 0) is 13.6 Å². The highest BCUT2D eigenvalue weighted by Crippen LogP contribution is 2.29. The van der Waals surface area contributed by atoms with E-state index in [4.69, 9.17) is 5.73 Å². The first-order chi connectivity index (χ1) is 13.5. The summed E-state index contributed by atoms with van der Waals surface area (Å²) in [5.74, 6) is 3.56. The summed E-state index contributed by atoms with van der Waals surface area (Å²) in [4.78, 5) is 13.2. The summed E-state index contributed by atoms with van der Waals surface area (Å²) in [5.41, 5.74) is 6.73. The van der Waals surface area contributed by atoms with Gasteiger partial charge in [0.05, 0.1) is 12.6 Å². The number of anilines is 2. The van der Waals surface area contributed by atoms with Crippen molar-refractivity contribution >= 4 is 11.8 Å². The molecule has 3 N–H and O–H groups in total. The molecule has 0 aliphatic carbocycles. The molecule has 28 heavy (non-hydrogen) atoms. The lowest BCUT2D eigenvalue weighted by molar-refractivity contribution is 0.0775. The van der Waals surface area contributed by atoms with Crippen molar-refractivity contribution in [2.45, 2.75) is 51.2 Å². The van der Waals surface area contributed by atoms with E-state index in [2.05, 4.69) is 41.6 Å². The van der Waals surface area contributed by atoms with Crippen molar-refractivity contribution in [3.05, 3.63) is 23.4 Å². The molecule has 0 aromatic carbocycles. The third-order valence-electron chi connectivity index (χ3n) is 5.89. The second-order valence-electron chi connectivity index (χ2n) is 8.05. The van der Waals surface area contributed by atoms with Gasteiger partial charge in [-0.05, 0) is 32.6 Å². The fraction of sp³-hybridized carbons (Fsp3) is 0.684. The molecule has 2 fully saturated rings. The van der Waals surface area contributed by atoms with Gasteiger partial charge in [0.15, 0.2) is 0 Å². The Kier molecular flexibility index (Phi) is 5.45. The number of hydrogen-bond donors (Lipinski definition) is 2. The Bertz CT molecular complexity index is 794. The summed E-state index contributed by atoms with van der Waals surface area (Å²) in [6.07, 6.45) is 3.70. The Labute approximate surface area is 165 Å². The maximum absolute atomic E-state index is 9.69. The average molecular weight is 387 g/mol. The van der Waals surface area contributed by atoms with Crippen molar-refractivity contribution < 1.29 is 5.11 Å². The highest BCUT2D eigenvalue weighted by Gasteiger charge is 2.28. The van der Waals surface area contributed by atoms with Crippen LogP contribution in [0.3, 0.4) is 0 Å². The summed E-state index contributed by atoms with van der Waals surface area (Å²) in [6, 6.07) is 1.99. The first-order valence-electron chi connectivity index (χ1n) is 10.1. The molecule has 1 unspecified atom stereocenters. The molecule has 9 nitrogen and oxygen atoms in total. The van der Waals surface area contributed by atoms with E-state index in [0.29, 0.717) is 11.9 Å². The van der Waals surface area contributed by atoms with Gasteiger partial charge >= 0.3 is 0 Å². The third kappa shape index (κ3) is 4.10. The Morgan fingerprint density at radius 2 is 1.93 bits per heavy atom. The van der Waals surface area contributed by atoms with Crippen LogP contribution in [0, 0.1) is 6.92 Å². The van der Waals surface area contributed by atoms with E-state index >= 15 is 0 Å². The SMILES string of the molecule is Cc1cc(N2CCCC(c3nnc(CN4CCC(O)CC4)n3C)C2)nc(N)n1. The second kappa shape index (κ2) is 8.00. The number of aromatic nitrogens is 5. The van der Waals surface area contributed by atoms with Crippen LogP contribution in [0.15, 0.2) is 6.07 Å². The van der Waals surface area contributed by atoms with Crippen LogP contribution in [0.5, 0.6) is 0 Å². The van der Waals surface area contributed by atoms with Crippen molar-refractivity contribution in [2.75, 3.05) is 36.8 Å². The van der Waals surface area contributed by atoms with Crippen LogP contribution in [0.25, 0.3) is 0 Å². The van der Waals surface area contributed by atoms with Gasteiger partial charge in [0, 0.05) is 50.9 Å².